The van der Waals surface area contributed by atoms with E-state index in [1.165, 1.54) is 11.3 Å². The lowest BCUT2D eigenvalue weighted by Crippen LogP contribution is -2.30. The van der Waals surface area contributed by atoms with Crippen molar-refractivity contribution in [2.24, 2.45) is 0 Å². The molecule has 0 radical (unpaired) electrons. The van der Waals surface area contributed by atoms with Gasteiger partial charge in [-0.15, -0.1) is 0 Å². The zero-order chi connectivity index (χ0) is 19.8. The SMILES string of the molecule is O=C(c1ccc2c(c1)OCCO2)N(Cc1ccco1)c1nc2ccc(Cl)cc2s1. The number of carbonyl (C=O) groups is 1. The fourth-order valence-corrected chi connectivity index (χ4v) is 4.36. The van der Waals surface area contributed by atoms with Gasteiger partial charge < -0.3 is 13.9 Å². The summed E-state index contributed by atoms with van der Waals surface area (Å²) in [6, 6.07) is 14.3. The fourth-order valence-electron chi connectivity index (χ4n) is 3.12. The largest absolute Gasteiger partial charge is 0.486 e. The first-order valence-electron chi connectivity index (χ1n) is 8.97. The second-order valence-electron chi connectivity index (χ2n) is 6.44. The minimum Gasteiger partial charge on any atom is -0.486 e. The molecule has 8 heteroatoms. The lowest BCUT2D eigenvalue weighted by atomic mass is 10.1. The lowest BCUT2D eigenvalue weighted by molar-refractivity contribution is 0.0982. The van der Waals surface area contributed by atoms with Crippen molar-refractivity contribution in [3.05, 3.63) is 71.1 Å². The van der Waals surface area contributed by atoms with Crippen LogP contribution in [0.3, 0.4) is 0 Å². The average molecular weight is 427 g/mol. The number of halogens is 1. The number of benzene rings is 2. The van der Waals surface area contributed by atoms with E-state index in [9.17, 15) is 4.79 Å². The number of rotatable bonds is 4. The number of anilines is 1. The quantitative estimate of drug-likeness (QED) is 0.451. The molecule has 3 heterocycles. The molecule has 146 valence electrons. The van der Waals surface area contributed by atoms with Gasteiger partial charge in [0.25, 0.3) is 5.91 Å². The molecule has 2 aromatic heterocycles. The van der Waals surface area contributed by atoms with Crippen LogP contribution in [0.25, 0.3) is 10.2 Å². The average Bonchev–Trinajstić information content (AvgIpc) is 3.40. The van der Waals surface area contributed by atoms with Crippen LogP contribution in [-0.4, -0.2) is 24.1 Å². The summed E-state index contributed by atoms with van der Waals surface area (Å²) in [6.07, 6.45) is 1.58. The topological polar surface area (TPSA) is 64.8 Å². The lowest BCUT2D eigenvalue weighted by Gasteiger charge is -2.21. The minimum absolute atomic E-state index is 0.205. The molecular formula is C21H15ClN2O4S. The van der Waals surface area contributed by atoms with E-state index in [0.29, 0.717) is 46.2 Å². The molecule has 0 aliphatic carbocycles. The summed E-state index contributed by atoms with van der Waals surface area (Å²) in [4.78, 5) is 19.7. The van der Waals surface area contributed by atoms with E-state index in [0.717, 1.165) is 10.2 Å². The van der Waals surface area contributed by atoms with Crippen LogP contribution in [0.1, 0.15) is 16.1 Å². The molecule has 0 N–H and O–H groups in total. The van der Waals surface area contributed by atoms with Gasteiger partial charge in [-0.2, -0.15) is 0 Å². The van der Waals surface area contributed by atoms with Crippen molar-refractivity contribution in [2.75, 3.05) is 18.1 Å². The number of thiazole rings is 1. The Labute approximate surface area is 175 Å². The van der Waals surface area contributed by atoms with E-state index in [1.807, 2.05) is 18.2 Å². The van der Waals surface area contributed by atoms with Crippen LogP contribution in [0.15, 0.2) is 59.2 Å². The summed E-state index contributed by atoms with van der Waals surface area (Å²) >= 11 is 7.51. The molecule has 1 aliphatic rings. The third kappa shape index (κ3) is 3.54. The van der Waals surface area contributed by atoms with E-state index in [4.69, 9.17) is 25.5 Å². The number of furan rings is 1. The fraction of sp³-hybridized carbons (Fsp3) is 0.143. The summed E-state index contributed by atoms with van der Waals surface area (Å²) in [5.74, 6) is 1.66. The van der Waals surface area contributed by atoms with Crippen molar-refractivity contribution in [1.82, 2.24) is 4.98 Å². The van der Waals surface area contributed by atoms with Crippen molar-refractivity contribution < 1.29 is 18.7 Å². The Morgan fingerprint density at radius 2 is 1.97 bits per heavy atom. The standard InChI is InChI=1S/C21H15ClN2O4S/c22-14-4-5-16-19(11-14)29-21(23-16)24(12-15-2-1-7-26-15)20(25)13-3-6-17-18(10-13)28-9-8-27-17/h1-7,10-11H,8-9,12H2. The molecule has 5 rings (SSSR count). The van der Waals surface area contributed by atoms with Crippen LogP contribution in [0.5, 0.6) is 11.5 Å². The first-order chi connectivity index (χ1) is 14.2. The predicted molar refractivity (Wildman–Crippen MR) is 111 cm³/mol. The van der Waals surface area contributed by atoms with Crippen molar-refractivity contribution in [2.45, 2.75) is 6.54 Å². The van der Waals surface area contributed by atoms with Crippen LogP contribution >= 0.6 is 22.9 Å². The molecule has 1 aliphatic heterocycles. The highest BCUT2D eigenvalue weighted by atomic mass is 35.5. The van der Waals surface area contributed by atoms with E-state index in [2.05, 4.69) is 4.98 Å². The van der Waals surface area contributed by atoms with Gasteiger partial charge in [0, 0.05) is 10.6 Å². The maximum atomic E-state index is 13.4. The Balaban J connectivity index is 1.55. The molecule has 0 atom stereocenters. The van der Waals surface area contributed by atoms with Crippen LogP contribution in [-0.2, 0) is 6.54 Å². The summed E-state index contributed by atoms with van der Waals surface area (Å²) in [7, 11) is 0. The zero-order valence-electron chi connectivity index (χ0n) is 15.1. The number of nitrogens with zero attached hydrogens (tertiary/aromatic N) is 2. The van der Waals surface area contributed by atoms with Crippen LogP contribution in [0.2, 0.25) is 5.02 Å². The Kier molecular flexibility index (Phi) is 4.61. The Bertz CT molecular complexity index is 1190. The maximum Gasteiger partial charge on any atom is 0.260 e. The number of carbonyl (C=O) groups excluding carboxylic acids is 1. The number of hydrogen-bond donors (Lipinski definition) is 0. The number of amides is 1. The van der Waals surface area contributed by atoms with E-state index < -0.39 is 0 Å². The van der Waals surface area contributed by atoms with Crippen molar-refractivity contribution in [1.29, 1.82) is 0 Å². The number of aromatic nitrogens is 1. The highest BCUT2D eigenvalue weighted by Gasteiger charge is 2.24. The van der Waals surface area contributed by atoms with Gasteiger partial charge >= 0.3 is 0 Å². The molecule has 2 aromatic carbocycles. The smallest absolute Gasteiger partial charge is 0.260 e. The van der Waals surface area contributed by atoms with Crippen LogP contribution < -0.4 is 14.4 Å². The van der Waals surface area contributed by atoms with Gasteiger partial charge in [-0.25, -0.2) is 4.98 Å². The van der Waals surface area contributed by atoms with Crippen molar-refractivity contribution >= 4 is 44.2 Å². The predicted octanol–water partition coefficient (Wildman–Crippen LogP) is 5.16. The van der Waals surface area contributed by atoms with Gasteiger partial charge in [0.1, 0.15) is 19.0 Å². The molecule has 0 bridgehead atoms. The maximum absolute atomic E-state index is 13.4. The van der Waals surface area contributed by atoms with Gasteiger partial charge in [-0.3, -0.25) is 9.69 Å². The summed E-state index contributed by atoms with van der Waals surface area (Å²) in [5.41, 5.74) is 1.27. The van der Waals surface area contributed by atoms with Crippen LogP contribution in [0, 0.1) is 0 Å². The summed E-state index contributed by atoms with van der Waals surface area (Å²) in [5, 5.41) is 1.20. The van der Waals surface area contributed by atoms with Crippen LogP contribution in [0.4, 0.5) is 5.13 Å². The molecule has 29 heavy (non-hydrogen) atoms. The molecule has 6 nitrogen and oxygen atoms in total. The molecule has 0 saturated carbocycles. The second kappa shape index (κ2) is 7.42. The highest BCUT2D eigenvalue weighted by molar-refractivity contribution is 7.22. The summed E-state index contributed by atoms with van der Waals surface area (Å²) < 4.78 is 17.6. The Morgan fingerprint density at radius 3 is 2.79 bits per heavy atom. The third-order valence-electron chi connectivity index (χ3n) is 4.50. The Morgan fingerprint density at radius 1 is 1.10 bits per heavy atom. The molecule has 1 amide bonds. The van der Waals surface area contributed by atoms with Gasteiger partial charge in [0.15, 0.2) is 16.6 Å². The minimum atomic E-state index is -0.205. The third-order valence-corrected chi connectivity index (χ3v) is 5.77. The van der Waals surface area contributed by atoms with Crippen molar-refractivity contribution in [3.63, 3.8) is 0 Å². The normalized spacial score (nSPS) is 12.9. The van der Waals surface area contributed by atoms with Gasteiger partial charge in [-0.1, -0.05) is 22.9 Å². The number of ether oxygens (including phenoxy) is 2. The van der Waals surface area contributed by atoms with Gasteiger partial charge in [0.2, 0.25) is 0 Å². The number of fused-ring (bicyclic) bond motifs is 2. The molecule has 0 saturated heterocycles. The first-order valence-corrected chi connectivity index (χ1v) is 10.2. The molecule has 0 spiro atoms. The monoisotopic (exact) mass is 426 g/mol. The molecular weight excluding hydrogens is 412 g/mol. The van der Waals surface area contributed by atoms with E-state index in [1.54, 1.807) is 41.5 Å². The van der Waals surface area contributed by atoms with Crippen molar-refractivity contribution in [3.8, 4) is 11.5 Å². The first kappa shape index (κ1) is 18.0. The molecule has 0 unspecified atom stereocenters. The molecule has 4 aromatic rings. The van der Waals surface area contributed by atoms with E-state index >= 15 is 0 Å². The Hall–Kier alpha value is -3.03. The zero-order valence-corrected chi connectivity index (χ0v) is 16.7. The highest BCUT2D eigenvalue weighted by Crippen LogP contribution is 2.35. The molecule has 0 fully saturated rings. The van der Waals surface area contributed by atoms with Gasteiger partial charge in [-0.05, 0) is 48.5 Å². The van der Waals surface area contributed by atoms with E-state index in [-0.39, 0.29) is 12.5 Å². The summed E-state index contributed by atoms with van der Waals surface area (Å²) in [6.45, 7) is 1.21. The van der Waals surface area contributed by atoms with Gasteiger partial charge in [0.05, 0.1) is 23.0 Å². The number of hydrogen-bond acceptors (Lipinski definition) is 6. The second-order valence-corrected chi connectivity index (χ2v) is 7.88.